The Morgan fingerprint density at radius 1 is 1.33 bits per heavy atom. The van der Waals surface area contributed by atoms with E-state index in [-0.39, 0.29) is 11.8 Å². The van der Waals surface area contributed by atoms with E-state index in [4.69, 9.17) is 0 Å². The predicted molar refractivity (Wildman–Crippen MR) is 70.2 cm³/mol. The summed E-state index contributed by atoms with van der Waals surface area (Å²) in [7, 11) is 0. The highest BCUT2D eigenvalue weighted by Crippen LogP contribution is 2.19. The summed E-state index contributed by atoms with van der Waals surface area (Å²) in [5, 5.41) is 0. The van der Waals surface area contributed by atoms with Crippen LogP contribution in [0.2, 0.25) is 0 Å². The summed E-state index contributed by atoms with van der Waals surface area (Å²) in [6.07, 6.45) is 3.31. The first-order valence-corrected chi connectivity index (χ1v) is 6.54. The number of rotatable bonds is 2. The first-order valence-electron chi connectivity index (χ1n) is 6.54. The molecule has 1 aliphatic heterocycles. The molecule has 4 heteroatoms. The number of piperidine rings is 1. The van der Waals surface area contributed by atoms with Gasteiger partial charge < -0.3 is 4.90 Å². The van der Waals surface area contributed by atoms with Crippen LogP contribution >= 0.6 is 0 Å². The Morgan fingerprint density at radius 2 is 2.06 bits per heavy atom. The van der Waals surface area contributed by atoms with Crippen molar-refractivity contribution in [2.45, 2.75) is 26.2 Å². The number of amides is 2. The van der Waals surface area contributed by atoms with Gasteiger partial charge in [0.1, 0.15) is 5.82 Å². The van der Waals surface area contributed by atoms with Gasteiger partial charge in [-0.2, -0.15) is 0 Å². The molecule has 0 atom stereocenters. The van der Waals surface area contributed by atoms with E-state index in [9.17, 15) is 9.18 Å². The van der Waals surface area contributed by atoms with Gasteiger partial charge in [-0.25, -0.2) is 9.18 Å². The van der Waals surface area contributed by atoms with E-state index in [2.05, 4.69) is 0 Å². The summed E-state index contributed by atoms with van der Waals surface area (Å²) in [5.41, 5.74) is 0.632. The highest BCUT2D eigenvalue weighted by Gasteiger charge is 2.22. The van der Waals surface area contributed by atoms with Crippen LogP contribution in [0.3, 0.4) is 0 Å². The van der Waals surface area contributed by atoms with Crippen molar-refractivity contribution in [3.05, 3.63) is 30.1 Å². The van der Waals surface area contributed by atoms with E-state index >= 15 is 0 Å². The highest BCUT2D eigenvalue weighted by molar-refractivity contribution is 5.92. The molecule has 0 N–H and O–H groups in total. The van der Waals surface area contributed by atoms with Crippen molar-refractivity contribution < 1.29 is 9.18 Å². The Labute approximate surface area is 107 Å². The molecule has 2 amide bonds. The topological polar surface area (TPSA) is 23.6 Å². The van der Waals surface area contributed by atoms with Crippen LogP contribution < -0.4 is 4.90 Å². The lowest BCUT2D eigenvalue weighted by molar-refractivity contribution is 0.193. The van der Waals surface area contributed by atoms with Crippen molar-refractivity contribution in [3.8, 4) is 0 Å². The SMILES string of the molecule is CCN(C(=O)N1CCCCC1)c1cccc(F)c1. The fourth-order valence-electron chi connectivity index (χ4n) is 2.33. The van der Waals surface area contributed by atoms with Gasteiger partial charge in [0.15, 0.2) is 0 Å². The zero-order valence-electron chi connectivity index (χ0n) is 10.7. The monoisotopic (exact) mass is 250 g/mol. The summed E-state index contributed by atoms with van der Waals surface area (Å²) >= 11 is 0. The number of anilines is 1. The lowest BCUT2D eigenvalue weighted by Gasteiger charge is -2.32. The average molecular weight is 250 g/mol. The molecule has 0 bridgehead atoms. The molecular formula is C14H19FN2O. The summed E-state index contributed by atoms with van der Waals surface area (Å²) in [5.74, 6) is -0.308. The maximum Gasteiger partial charge on any atom is 0.324 e. The zero-order chi connectivity index (χ0) is 13.0. The van der Waals surface area contributed by atoms with Crippen LogP contribution in [0.5, 0.6) is 0 Å². The quantitative estimate of drug-likeness (QED) is 0.790. The number of nitrogens with zero attached hydrogens (tertiary/aromatic N) is 2. The molecule has 98 valence electrons. The molecule has 1 heterocycles. The van der Waals surface area contributed by atoms with E-state index < -0.39 is 0 Å². The molecule has 0 saturated carbocycles. The summed E-state index contributed by atoms with van der Waals surface area (Å²) in [6.45, 7) is 4.08. The normalized spacial score (nSPS) is 15.6. The second kappa shape index (κ2) is 5.85. The third-order valence-electron chi connectivity index (χ3n) is 3.29. The Balaban J connectivity index is 2.14. The van der Waals surface area contributed by atoms with Gasteiger partial charge in [-0.3, -0.25) is 4.90 Å². The van der Waals surface area contributed by atoms with Crippen molar-refractivity contribution >= 4 is 11.7 Å². The Hall–Kier alpha value is -1.58. The van der Waals surface area contributed by atoms with Gasteiger partial charge in [0.2, 0.25) is 0 Å². The molecule has 18 heavy (non-hydrogen) atoms. The summed E-state index contributed by atoms with van der Waals surface area (Å²) in [4.78, 5) is 15.9. The van der Waals surface area contributed by atoms with E-state index in [0.717, 1.165) is 25.9 Å². The number of carbonyl (C=O) groups excluding carboxylic acids is 1. The molecule has 1 saturated heterocycles. The minimum absolute atomic E-state index is 0.0113. The zero-order valence-corrected chi connectivity index (χ0v) is 10.7. The Morgan fingerprint density at radius 3 is 2.67 bits per heavy atom. The fourth-order valence-corrected chi connectivity index (χ4v) is 2.33. The van der Waals surface area contributed by atoms with Crippen molar-refractivity contribution in [1.82, 2.24) is 4.90 Å². The van der Waals surface area contributed by atoms with Crippen LogP contribution in [-0.2, 0) is 0 Å². The van der Waals surface area contributed by atoms with Gasteiger partial charge >= 0.3 is 6.03 Å². The number of carbonyl (C=O) groups is 1. The third-order valence-corrected chi connectivity index (χ3v) is 3.29. The van der Waals surface area contributed by atoms with Crippen LogP contribution in [0.15, 0.2) is 24.3 Å². The molecule has 1 aromatic rings. The number of hydrogen-bond donors (Lipinski definition) is 0. The molecule has 1 fully saturated rings. The van der Waals surface area contributed by atoms with Gasteiger partial charge in [-0.15, -0.1) is 0 Å². The predicted octanol–water partition coefficient (Wildman–Crippen LogP) is 3.26. The fraction of sp³-hybridized carbons (Fsp3) is 0.500. The maximum atomic E-state index is 13.2. The van der Waals surface area contributed by atoms with Crippen molar-refractivity contribution in [2.24, 2.45) is 0 Å². The minimum Gasteiger partial charge on any atom is -0.324 e. The average Bonchev–Trinajstić information content (AvgIpc) is 2.40. The van der Waals surface area contributed by atoms with Crippen LogP contribution in [0, 0.1) is 5.82 Å². The summed E-state index contributed by atoms with van der Waals surface area (Å²) < 4.78 is 13.2. The molecule has 0 radical (unpaired) electrons. The highest BCUT2D eigenvalue weighted by atomic mass is 19.1. The van der Waals surface area contributed by atoms with Crippen molar-refractivity contribution in [2.75, 3.05) is 24.5 Å². The van der Waals surface area contributed by atoms with E-state index in [1.165, 1.54) is 18.6 Å². The molecular weight excluding hydrogens is 231 g/mol. The van der Waals surface area contributed by atoms with Gasteiger partial charge in [0.25, 0.3) is 0 Å². The largest absolute Gasteiger partial charge is 0.324 e. The maximum absolute atomic E-state index is 13.2. The number of hydrogen-bond acceptors (Lipinski definition) is 1. The smallest absolute Gasteiger partial charge is 0.324 e. The van der Waals surface area contributed by atoms with E-state index in [1.54, 1.807) is 17.0 Å². The standard InChI is InChI=1S/C14H19FN2O/c1-2-17(13-8-6-7-12(15)11-13)14(18)16-9-4-3-5-10-16/h6-8,11H,2-5,9-10H2,1H3. The molecule has 3 nitrogen and oxygen atoms in total. The van der Waals surface area contributed by atoms with Gasteiger partial charge in [-0.05, 0) is 44.4 Å². The lowest BCUT2D eigenvalue weighted by atomic mass is 10.1. The molecule has 0 aliphatic carbocycles. The van der Waals surface area contributed by atoms with E-state index in [0.29, 0.717) is 12.2 Å². The molecule has 0 unspecified atom stereocenters. The molecule has 1 aromatic carbocycles. The molecule has 2 rings (SSSR count). The van der Waals surface area contributed by atoms with Gasteiger partial charge in [0, 0.05) is 25.3 Å². The van der Waals surface area contributed by atoms with Crippen LogP contribution in [-0.4, -0.2) is 30.6 Å². The lowest BCUT2D eigenvalue weighted by Crippen LogP contribution is -2.45. The minimum atomic E-state index is -0.308. The molecule has 0 spiro atoms. The second-order valence-electron chi connectivity index (χ2n) is 4.55. The summed E-state index contributed by atoms with van der Waals surface area (Å²) in [6, 6.07) is 6.20. The number of benzene rings is 1. The Bertz CT molecular complexity index is 416. The molecule has 1 aliphatic rings. The third kappa shape index (κ3) is 2.81. The van der Waals surface area contributed by atoms with E-state index in [1.807, 2.05) is 11.8 Å². The van der Waals surface area contributed by atoms with Crippen molar-refractivity contribution in [3.63, 3.8) is 0 Å². The van der Waals surface area contributed by atoms with Gasteiger partial charge in [-0.1, -0.05) is 6.07 Å². The first-order chi connectivity index (χ1) is 8.72. The van der Waals surface area contributed by atoms with Crippen LogP contribution in [0.25, 0.3) is 0 Å². The van der Waals surface area contributed by atoms with Crippen LogP contribution in [0.4, 0.5) is 14.9 Å². The number of likely N-dealkylation sites (tertiary alicyclic amines) is 1. The van der Waals surface area contributed by atoms with Gasteiger partial charge in [0.05, 0.1) is 0 Å². The number of urea groups is 1. The number of halogens is 1. The second-order valence-corrected chi connectivity index (χ2v) is 4.55. The Kier molecular flexibility index (Phi) is 4.18. The first kappa shape index (κ1) is 12.9. The molecule has 0 aromatic heterocycles. The van der Waals surface area contributed by atoms with Crippen LogP contribution in [0.1, 0.15) is 26.2 Å². The van der Waals surface area contributed by atoms with Crippen molar-refractivity contribution in [1.29, 1.82) is 0 Å².